The van der Waals surface area contributed by atoms with Crippen LogP contribution >= 0.6 is 11.6 Å². The average molecular weight is 322 g/mol. The molecule has 3 rings (SSSR count). The molecule has 3 nitrogen and oxygen atoms in total. The summed E-state index contributed by atoms with van der Waals surface area (Å²) in [5.74, 6) is -1.13. The number of nitrogens with zero attached hydrogens (tertiary/aromatic N) is 3. The number of hydrogen-bond acceptors (Lipinski definition) is 3. The van der Waals surface area contributed by atoms with E-state index in [0.29, 0.717) is 11.3 Å². The second kappa shape index (κ2) is 5.09. The second-order valence-electron chi connectivity index (χ2n) is 5.57. The molecule has 1 atom stereocenters. The van der Waals surface area contributed by atoms with E-state index in [9.17, 15) is 8.78 Å². The molecule has 0 saturated heterocycles. The summed E-state index contributed by atoms with van der Waals surface area (Å²) in [7, 11) is 0. The quantitative estimate of drug-likeness (QED) is 0.742. The van der Waals surface area contributed by atoms with E-state index in [4.69, 9.17) is 11.6 Å². The third kappa shape index (κ3) is 2.11. The van der Waals surface area contributed by atoms with Crippen LogP contribution in [-0.2, 0) is 5.41 Å². The molecular formula is C16H14ClF2N3. The summed E-state index contributed by atoms with van der Waals surface area (Å²) in [5, 5.41) is -0.0806. The van der Waals surface area contributed by atoms with E-state index in [1.165, 1.54) is 6.07 Å². The summed E-state index contributed by atoms with van der Waals surface area (Å²) in [5.41, 5.74) is 1.89. The fourth-order valence-corrected chi connectivity index (χ4v) is 2.88. The number of aliphatic imine (C=N–C) groups is 1. The number of benzene rings is 1. The lowest BCUT2D eigenvalue weighted by molar-refractivity contribution is 0.604. The van der Waals surface area contributed by atoms with E-state index in [-0.39, 0.29) is 16.4 Å². The van der Waals surface area contributed by atoms with Gasteiger partial charge in [-0.2, -0.15) is 0 Å². The van der Waals surface area contributed by atoms with E-state index >= 15 is 0 Å². The molecule has 0 amide bonds. The Hall–Kier alpha value is -1.88. The van der Waals surface area contributed by atoms with Crippen LogP contribution in [-0.4, -0.2) is 15.7 Å². The first kappa shape index (κ1) is 15.0. The highest BCUT2D eigenvalue weighted by Crippen LogP contribution is 2.45. The maximum atomic E-state index is 14.4. The number of fused-ring (bicyclic) bond motifs is 1. The molecular weight excluding hydrogens is 308 g/mol. The van der Waals surface area contributed by atoms with Crippen LogP contribution in [0.2, 0.25) is 5.28 Å². The summed E-state index contributed by atoms with van der Waals surface area (Å²) < 4.78 is 28.4. The van der Waals surface area contributed by atoms with Gasteiger partial charge in [0.1, 0.15) is 17.2 Å². The van der Waals surface area contributed by atoms with Crippen LogP contribution in [0.25, 0.3) is 11.3 Å². The summed E-state index contributed by atoms with van der Waals surface area (Å²) in [6.45, 7) is 5.90. The van der Waals surface area contributed by atoms with Gasteiger partial charge in [-0.25, -0.2) is 18.7 Å². The lowest BCUT2D eigenvalue weighted by atomic mass is 9.77. The lowest BCUT2D eigenvalue weighted by Crippen LogP contribution is -2.26. The first-order valence-corrected chi connectivity index (χ1v) is 7.33. The Morgan fingerprint density at radius 3 is 2.64 bits per heavy atom. The van der Waals surface area contributed by atoms with Crippen LogP contribution in [0.3, 0.4) is 0 Å². The Bertz CT molecular complexity index is 804. The molecule has 1 aliphatic heterocycles. The molecule has 0 aliphatic carbocycles. The molecule has 1 unspecified atom stereocenters. The number of hydrogen-bond donors (Lipinski definition) is 0. The van der Waals surface area contributed by atoms with Crippen molar-refractivity contribution in [3.8, 4) is 11.3 Å². The third-order valence-electron chi connectivity index (χ3n) is 4.43. The van der Waals surface area contributed by atoms with Crippen LogP contribution in [0, 0.1) is 11.6 Å². The van der Waals surface area contributed by atoms with Crippen molar-refractivity contribution in [2.24, 2.45) is 4.99 Å². The molecule has 0 fully saturated rings. The fourth-order valence-electron chi connectivity index (χ4n) is 2.75. The number of rotatable bonds is 2. The summed E-state index contributed by atoms with van der Waals surface area (Å²) >= 11 is 5.72. The Morgan fingerprint density at radius 2 is 1.95 bits per heavy atom. The molecule has 1 aliphatic rings. The minimum atomic E-state index is -0.641. The van der Waals surface area contributed by atoms with Crippen molar-refractivity contribution >= 4 is 23.0 Å². The van der Waals surface area contributed by atoms with Crippen LogP contribution in [0.4, 0.5) is 14.5 Å². The standard InChI is InChI=1S/C16H14ClF2N3/c1-4-16(3)8(2)21-14-10(16)5-9(6-11(14)18)13-12(19)7-20-15(17)22-13/h5-7H,4H2,1-3H3. The average Bonchev–Trinajstić information content (AvgIpc) is 2.75. The van der Waals surface area contributed by atoms with Crippen molar-refractivity contribution in [3.05, 3.63) is 40.8 Å². The van der Waals surface area contributed by atoms with Gasteiger partial charge in [0, 0.05) is 16.7 Å². The smallest absolute Gasteiger partial charge is 0.223 e. The molecule has 6 heteroatoms. The predicted molar refractivity (Wildman–Crippen MR) is 82.8 cm³/mol. The lowest BCUT2D eigenvalue weighted by Gasteiger charge is -2.24. The Labute approximate surface area is 132 Å². The van der Waals surface area contributed by atoms with Crippen molar-refractivity contribution in [1.82, 2.24) is 9.97 Å². The molecule has 22 heavy (non-hydrogen) atoms. The highest BCUT2D eigenvalue weighted by Gasteiger charge is 2.37. The zero-order chi connectivity index (χ0) is 16.1. The Balaban J connectivity index is 2.24. The van der Waals surface area contributed by atoms with E-state index < -0.39 is 11.6 Å². The van der Waals surface area contributed by atoms with Gasteiger partial charge in [0.05, 0.1) is 6.20 Å². The maximum absolute atomic E-state index is 14.4. The van der Waals surface area contributed by atoms with Crippen molar-refractivity contribution < 1.29 is 8.78 Å². The molecule has 2 aromatic rings. The third-order valence-corrected chi connectivity index (χ3v) is 4.61. The highest BCUT2D eigenvalue weighted by atomic mass is 35.5. The van der Waals surface area contributed by atoms with E-state index in [0.717, 1.165) is 23.9 Å². The Kier molecular flexibility index (Phi) is 3.48. The molecule has 2 heterocycles. The fraction of sp³-hybridized carbons (Fsp3) is 0.312. The molecule has 114 valence electrons. The zero-order valence-electron chi connectivity index (χ0n) is 12.4. The first-order valence-electron chi connectivity index (χ1n) is 6.95. The van der Waals surface area contributed by atoms with Crippen LogP contribution < -0.4 is 0 Å². The van der Waals surface area contributed by atoms with Crippen LogP contribution in [0.1, 0.15) is 32.8 Å². The molecule has 0 bridgehead atoms. The van der Waals surface area contributed by atoms with E-state index in [1.54, 1.807) is 6.07 Å². The zero-order valence-corrected chi connectivity index (χ0v) is 13.2. The second-order valence-corrected chi connectivity index (χ2v) is 5.91. The molecule has 0 N–H and O–H groups in total. The highest BCUT2D eigenvalue weighted by molar-refractivity contribution is 6.28. The van der Waals surface area contributed by atoms with Crippen molar-refractivity contribution in [1.29, 1.82) is 0 Å². The van der Waals surface area contributed by atoms with Gasteiger partial charge in [-0.3, -0.25) is 4.99 Å². The van der Waals surface area contributed by atoms with Gasteiger partial charge < -0.3 is 0 Å². The number of aromatic nitrogens is 2. The predicted octanol–water partition coefficient (Wildman–Crippen LogP) is 4.85. The van der Waals surface area contributed by atoms with Crippen molar-refractivity contribution in [2.75, 3.05) is 0 Å². The molecule has 1 aromatic heterocycles. The minimum absolute atomic E-state index is 0.00953. The van der Waals surface area contributed by atoms with Crippen molar-refractivity contribution in [3.63, 3.8) is 0 Å². The van der Waals surface area contributed by atoms with Gasteiger partial charge in [0.2, 0.25) is 5.28 Å². The normalized spacial score (nSPS) is 20.0. The number of halogens is 3. The summed E-state index contributed by atoms with van der Waals surface area (Å²) in [4.78, 5) is 11.8. The molecule has 0 radical (unpaired) electrons. The van der Waals surface area contributed by atoms with Gasteiger partial charge in [0.15, 0.2) is 5.82 Å². The summed E-state index contributed by atoms with van der Waals surface area (Å²) in [6, 6.07) is 2.97. The SMILES string of the molecule is CCC1(C)C(C)=Nc2c(F)cc(-c3nc(Cl)ncc3F)cc21. The summed E-state index contributed by atoms with van der Waals surface area (Å²) in [6.07, 6.45) is 1.75. The topological polar surface area (TPSA) is 38.1 Å². The maximum Gasteiger partial charge on any atom is 0.223 e. The van der Waals surface area contributed by atoms with Crippen LogP contribution in [0.5, 0.6) is 0 Å². The van der Waals surface area contributed by atoms with Gasteiger partial charge in [-0.1, -0.05) is 13.8 Å². The van der Waals surface area contributed by atoms with Crippen LogP contribution in [0.15, 0.2) is 23.3 Å². The minimum Gasteiger partial charge on any atom is -0.254 e. The monoisotopic (exact) mass is 321 g/mol. The van der Waals surface area contributed by atoms with Gasteiger partial charge in [-0.05, 0) is 42.6 Å². The Morgan fingerprint density at radius 1 is 1.23 bits per heavy atom. The first-order chi connectivity index (χ1) is 10.4. The van der Waals surface area contributed by atoms with Gasteiger partial charge in [0.25, 0.3) is 0 Å². The molecule has 0 spiro atoms. The van der Waals surface area contributed by atoms with Gasteiger partial charge >= 0.3 is 0 Å². The molecule has 0 saturated carbocycles. The van der Waals surface area contributed by atoms with E-state index in [2.05, 4.69) is 15.0 Å². The van der Waals surface area contributed by atoms with Crippen molar-refractivity contribution in [2.45, 2.75) is 32.6 Å². The van der Waals surface area contributed by atoms with E-state index in [1.807, 2.05) is 20.8 Å². The largest absolute Gasteiger partial charge is 0.254 e. The van der Waals surface area contributed by atoms with Gasteiger partial charge in [-0.15, -0.1) is 0 Å². The molecule has 1 aromatic carbocycles.